The van der Waals surface area contributed by atoms with Gasteiger partial charge in [0, 0.05) is 20.1 Å². The van der Waals surface area contributed by atoms with Crippen molar-refractivity contribution in [3.63, 3.8) is 0 Å². The molecule has 1 atom stereocenters. The summed E-state index contributed by atoms with van der Waals surface area (Å²) in [5, 5.41) is 0. The number of likely N-dealkylation sites (N-methyl/N-ethyl adjacent to an activating group) is 1. The summed E-state index contributed by atoms with van der Waals surface area (Å²) in [4.78, 5) is 15.7. The van der Waals surface area contributed by atoms with Crippen LogP contribution in [0.1, 0.15) is 27.2 Å². The quantitative estimate of drug-likeness (QED) is 0.685. The smallest absolute Gasteiger partial charge is 0.320 e. The van der Waals surface area contributed by atoms with Crippen molar-refractivity contribution in [3.05, 3.63) is 0 Å². The zero-order valence-electron chi connectivity index (χ0n) is 10.9. The second-order valence-electron chi connectivity index (χ2n) is 4.42. The van der Waals surface area contributed by atoms with E-state index in [4.69, 9.17) is 4.74 Å². The summed E-state index contributed by atoms with van der Waals surface area (Å²) < 4.78 is 5.08. The Morgan fingerprint density at radius 3 is 2.38 bits per heavy atom. The fourth-order valence-corrected chi connectivity index (χ4v) is 1.93. The van der Waals surface area contributed by atoms with Crippen LogP contribution in [-0.4, -0.2) is 55.2 Å². The summed E-state index contributed by atoms with van der Waals surface area (Å²) in [6, 6.07) is 0.473. The number of hydrogen-bond donors (Lipinski definition) is 0. The average molecular weight is 228 g/mol. The molecule has 2 aliphatic rings. The Bertz CT molecular complexity index is 225. The molecule has 0 saturated carbocycles. The van der Waals surface area contributed by atoms with Crippen molar-refractivity contribution in [3.8, 4) is 0 Å². The van der Waals surface area contributed by atoms with Gasteiger partial charge in [0.25, 0.3) is 0 Å². The van der Waals surface area contributed by atoms with Gasteiger partial charge in [0.05, 0.1) is 19.3 Å². The van der Waals surface area contributed by atoms with Crippen LogP contribution >= 0.6 is 0 Å². The van der Waals surface area contributed by atoms with Crippen LogP contribution in [-0.2, 0) is 4.74 Å². The minimum Gasteiger partial charge on any atom is -0.377 e. The van der Waals surface area contributed by atoms with Crippen LogP contribution in [0.2, 0.25) is 0 Å². The van der Waals surface area contributed by atoms with Gasteiger partial charge in [-0.05, 0) is 12.3 Å². The summed E-state index contributed by atoms with van der Waals surface area (Å²) in [7, 11) is 1.87. The van der Waals surface area contributed by atoms with Crippen LogP contribution < -0.4 is 0 Å². The van der Waals surface area contributed by atoms with Crippen molar-refractivity contribution in [2.24, 2.45) is 5.92 Å². The van der Waals surface area contributed by atoms with Gasteiger partial charge in [0.15, 0.2) is 0 Å². The van der Waals surface area contributed by atoms with E-state index in [0.29, 0.717) is 25.2 Å². The maximum atomic E-state index is 11.9. The number of carbonyl (C=O) groups is 1. The molecule has 4 heteroatoms. The summed E-state index contributed by atoms with van der Waals surface area (Å²) >= 11 is 0. The molecule has 0 N–H and O–H groups in total. The average Bonchev–Trinajstić information content (AvgIpc) is 2.64. The molecule has 0 spiro atoms. The van der Waals surface area contributed by atoms with E-state index in [0.717, 1.165) is 19.5 Å². The summed E-state index contributed by atoms with van der Waals surface area (Å²) in [5.41, 5.74) is 0. The van der Waals surface area contributed by atoms with E-state index in [9.17, 15) is 4.79 Å². The van der Waals surface area contributed by atoms with Gasteiger partial charge in [-0.15, -0.1) is 0 Å². The van der Waals surface area contributed by atoms with E-state index in [-0.39, 0.29) is 6.03 Å². The van der Waals surface area contributed by atoms with Crippen LogP contribution in [0.5, 0.6) is 0 Å². The molecule has 0 bridgehead atoms. The maximum Gasteiger partial charge on any atom is 0.320 e. The third-order valence-corrected chi connectivity index (χ3v) is 3.16. The Labute approximate surface area is 98.5 Å². The molecule has 2 amide bonds. The first kappa shape index (κ1) is 13.3. The molecule has 2 aliphatic heterocycles. The van der Waals surface area contributed by atoms with Gasteiger partial charge in [-0.25, -0.2) is 4.79 Å². The van der Waals surface area contributed by atoms with E-state index in [2.05, 4.69) is 6.92 Å². The summed E-state index contributed by atoms with van der Waals surface area (Å²) in [5.74, 6) is 0.657. The molecule has 0 aromatic carbocycles. The normalized spacial score (nSPS) is 24.5. The van der Waals surface area contributed by atoms with Gasteiger partial charge in [-0.3, -0.25) is 0 Å². The van der Waals surface area contributed by atoms with E-state index >= 15 is 0 Å². The molecular weight excluding hydrogens is 204 g/mol. The number of nitrogens with zero attached hydrogens (tertiary/aromatic N) is 2. The number of carbonyl (C=O) groups excluding carboxylic acids is 1. The molecule has 2 heterocycles. The SMILES string of the molecule is CC.CC1CCN(C(=O)N(C)C2COC2)C1. The molecule has 4 nitrogen and oxygen atoms in total. The first-order valence-corrected chi connectivity index (χ1v) is 6.28. The number of rotatable bonds is 1. The lowest BCUT2D eigenvalue weighted by molar-refractivity contribution is -0.0454. The van der Waals surface area contributed by atoms with Gasteiger partial charge in [0.2, 0.25) is 0 Å². The Balaban J connectivity index is 0.000000606. The lowest BCUT2D eigenvalue weighted by Crippen LogP contribution is -2.53. The second kappa shape index (κ2) is 6.09. The lowest BCUT2D eigenvalue weighted by Gasteiger charge is -2.36. The third kappa shape index (κ3) is 2.88. The predicted octanol–water partition coefficient (Wildman–Crippen LogP) is 1.81. The Morgan fingerprint density at radius 1 is 1.38 bits per heavy atom. The Hall–Kier alpha value is -0.770. The highest BCUT2D eigenvalue weighted by atomic mass is 16.5. The first-order valence-electron chi connectivity index (χ1n) is 6.28. The second-order valence-corrected chi connectivity index (χ2v) is 4.42. The topological polar surface area (TPSA) is 32.8 Å². The van der Waals surface area contributed by atoms with Crippen molar-refractivity contribution < 1.29 is 9.53 Å². The zero-order valence-corrected chi connectivity index (χ0v) is 10.9. The summed E-state index contributed by atoms with van der Waals surface area (Å²) in [6.07, 6.45) is 1.14. The minimum absolute atomic E-state index is 0.169. The van der Waals surface area contributed by atoms with Gasteiger partial charge >= 0.3 is 6.03 Å². The van der Waals surface area contributed by atoms with Crippen molar-refractivity contribution in [1.82, 2.24) is 9.80 Å². The number of ether oxygens (including phenoxy) is 1. The van der Waals surface area contributed by atoms with Gasteiger partial charge in [-0.1, -0.05) is 20.8 Å². The van der Waals surface area contributed by atoms with Gasteiger partial charge in [-0.2, -0.15) is 0 Å². The van der Waals surface area contributed by atoms with E-state index < -0.39 is 0 Å². The van der Waals surface area contributed by atoms with Crippen molar-refractivity contribution >= 4 is 6.03 Å². The fraction of sp³-hybridized carbons (Fsp3) is 0.917. The van der Waals surface area contributed by atoms with E-state index in [1.807, 2.05) is 30.7 Å². The first-order chi connectivity index (χ1) is 7.68. The molecule has 0 aromatic heterocycles. The number of hydrogen-bond acceptors (Lipinski definition) is 2. The molecule has 16 heavy (non-hydrogen) atoms. The Kier molecular flexibility index (Phi) is 5.06. The highest BCUT2D eigenvalue weighted by Gasteiger charge is 2.32. The standard InChI is InChI=1S/C10H18N2O2.C2H6/c1-8-3-4-12(5-8)10(13)11(2)9-6-14-7-9;1-2/h8-9H,3-7H2,1-2H3;1-2H3. The Morgan fingerprint density at radius 2 is 2.00 bits per heavy atom. The van der Waals surface area contributed by atoms with Crippen LogP contribution in [0.15, 0.2) is 0 Å². The van der Waals surface area contributed by atoms with Gasteiger partial charge in [0.1, 0.15) is 0 Å². The van der Waals surface area contributed by atoms with E-state index in [1.165, 1.54) is 0 Å². The highest BCUT2D eigenvalue weighted by Crippen LogP contribution is 2.18. The molecular formula is C12H24N2O2. The van der Waals surface area contributed by atoms with Crippen LogP contribution in [0.4, 0.5) is 4.79 Å². The summed E-state index contributed by atoms with van der Waals surface area (Å²) in [6.45, 7) is 9.42. The number of urea groups is 1. The predicted molar refractivity (Wildman–Crippen MR) is 64.5 cm³/mol. The molecule has 2 rings (SSSR count). The molecule has 0 aromatic rings. The van der Waals surface area contributed by atoms with Crippen molar-refractivity contribution in [2.75, 3.05) is 33.4 Å². The third-order valence-electron chi connectivity index (χ3n) is 3.16. The largest absolute Gasteiger partial charge is 0.377 e. The van der Waals surface area contributed by atoms with Crippen molar-refractivity contribution in [1.29, 1.82) is 0 Å². The molecule has 0 radical (unpaired) electrons. The fourth-order valence-electron chi connectivity index (χ4n) is 1.93. The molecule has 94 valence electrons. The maximum absolute atomic E-state index is 11.9. The minimum atomic E-state index is 0.169. The van der Waals surface area contributed by atoms with E-state index in [1.54, 1.807) is 0 Å². The zero-order chi connectivity index (χ0) is 12.1. The lowest BCUT2D eigenvalue weighted by atomic mass is 10.2. The molecule has 2 saturated heterocycles. The molecule has 1 unspecified atom stereocenters. The number of amides is 2. The van der Waals surface area contributed by atoms with Crippen LogP contribution in [0.25, 0.3) is 0 Å². The van der Waals surface area contributed by atoms with Crippen molar-refractivity contribution in [2.45, 2.75) is 33.2 Å². The monoisotopic (exact) mass is 228 g/mol. The molecule has 0 aliphatic carbocycles. The highest BCUT2D eigenvalue weighted by molar-refractivity contribution is 5.75. The molecule has 2 fully saturated rings. The van der Waals surface area contributed by atoms with Gasteiger partial charge < -0.3 is 14.5 Å². The van der Waals surface area contributed by atoms with Crippen LogP contribution in [0, 0.1) is 5.92 Å². The van der Waals surface area contributed by atoms with Crippen LogP contribution in [0.3, 0.4) is 0 Å². The number of likely N-dealkylation sites (tertiary alicyclic amines) is 1.